The Labute approximate surface area is 161 Å². The lowest BCUT2D eigenvalue weighted by atomic mass is 10.1. The van der Waals surface area contributed by atoms with Gasteiger partial charge in [-0.1, -0.05) is 78.4 Å². The minimum atomic E-state index is -0.557. The summed E-state index contributed by atoms with van der Waals surface area (Å²) < 4.78 is 5.75. The molecular weight excluding hydrogens is 334 g/mol. The van der Waals surface area contributed by atoms with Gasteiger partial charge in [-0.3, -0.25) is 4.90 Å². The number of ether oxygens (including phenoxy) is 1. The zero-order valence-corrected chi connectivity index (χ0v) is 15.8. The van der Waals surface area contributed by atoms with E-state index in [0.717, 1.165) is 18.8 Å². The Kier molecular flexibility index (Phi) is 7.03. The first-order chi connectivity index (χ1) is 13.2. The molecule has 0 spiro atoms. The van der Waals surface area contributed by atoms with Crippen LogP contribution in [0.25, 0.3) is 0 Å². The van der Waals surface area contributed by atoms with E-state index in [1.54, 1.807) is 0 Å². The van der Waals surface area contributed by atoms with Crippen LogP contribution in [0.1, 0.15) is 16.7 Å². The van der Waals surface area contributed by atoms with Gasteiger partial charge in [0.1, 0.15) is 18.5 Å². The molecule has 3 aromatic carbocycles. The van der Waals surface area contributed by atoms with Gasteiger partial charge in [0.25, 0.3) is 0 Å². The molecule has 0 aromatic heterocycles. The highest BCUT2D eigenvalue weighted by Gasteiger charge is 2.14. The Morgan fingerprint density at radius 3 is 1.81 bits per heavy atom. The summed E-state index contributed by atoms with van der Waals surface area (Å²) in [5.74, 6) is 0.789. The van der Waals surface area contributed by atoms with Crippen LogP contribution >= 0.6 is 0 Å². The maximum Gasteiger partial charge on any atom is 0.119 e. The lowest BCUT2D eigenvalue weighted by Gasteiger charge is -2.25. The topological polar surface area (TPSA) is 32.7 Å². The maximum absolute atomic E-state index is 10.5. The van der Waals surface area contributed by atoms with E-state index < -0.39 is 6.10 Å². The van der Waals surface area contributed by atoms with Crippen molar-refractivity contribution in [2.75, 3.05) is 13.2 Å². The fourth-order valence-corrected chi connectivity index (χ4v) is 3.05. The first kappa shape index (κ1) is 19.2. The molecule has 0 heterocycles. The Morgan fingerprint density at radius 1 is 0.778 bits per heavy atom. The zero-order chi connectivity index (χ0) is 18.9. The summed E-state index contributed by atoms with van der Waals surface area (Å²) in [5, 5.41) is 10.5. The van der Waals surface area contributed by atoms with Crippen LogP contribution in [0.2, 0.25) is 0 Å². The van der Waals surface area contributed by atoms with Crippen LogP contribution in [0.15, 0.2) is 84.9 Å². The van der Waals surface area contributed by atoms with Crippen LogP contribution in [0, 0.1) is 6.92 Å². The van der Waals surface area contributed by atoms with Crippen molar-refractivity contribution < 1.29 is 9.84 Å². The van der Waals surface area contributed by atoms with E-state index in [1.165, 1.54) is 16.7 Å². The molecule has 3 rings (SSSR count). The molecule has 27 heavy (non-hydrogen) atoms. The van der Waals surface area contributed by atoms with Gasteiger partial charge in [-0.2, -0.15) is 0 Å². The Hall–Kier alpha value is -2.62. The number of aliphatic hydroxyl groups is 1. The third-order valence-corrected chi connectivity index (χ3v) is 4.43. The molecule has 0 bridgehead atoms. The normalized spacial score (nSPS) is 12.1. The summed E-state index contributed by atoms with van der Waals surface area (Å²) in [6, 6.07) is 28.6. The SMILES string of the molecule is Cc1ccc(OC[C@@H](O)CN(Cc2ccccc2)Cc2ccccc2)cc1. The zero-order valence-electron chi connectivity index (χ0n) is 15.8. The highest BCUT2D eigenvalue weighted by molar-refractivity contribution is 5.26. The second-order valence-corrected chi connectivity index (χ2v) is 6.92. The minimum absolute atomic E-state index is 0.281. The Bertz CT molecular complexity index is 746. The number of nitrogens with zero attached hydrogens (tertiary/aromatic N) is 1. The molecule has 0 aliphatic carbocycles. The average molecular weight is 361 g/mol. The van der Waals surface area contributed by atoms with Gasteiger partial charge >= 0.3 is 0 Å². The van der Waals surface area contributed by atoms with Gasteiger partial charge in [0, 0.05) is 19.6 Å². The predicted octanol–water partition coefficient (Wildman–Crippen LogP) is 4.44. The molecule has 0 aliphatic rings. The minimum Gasteiger partial charge on any atom is -0.491 e. The molecular formula is C24H27NO2. The van der Waals surface area contributed by atoms with Crippen molar-refractivity contribution in [2.24, 2.45) is 0 Å². The highest BCUT2D eigenvalue weighted by atomic mass is 16.5. The monoisotopic (exact) mass is 361 g/mol. The largest absolute Gasteiger partial charge is 0.491 e. The van der Waals surface area contributed by atoms with Crippen LogP contribution in [0.3, 0.4) is 0 Å². The first-order valence-corrected chi connectivity index (χ1v) is 9.37. The second kappa shape index (κ2) is 9.91. The first-order valence-electron chi connectivity index (χ1n) is 9.37. The van der Waals surface area contributed by atoms with E-state index in [1.807, 2.05) is 67.6 Å². The number of benzene rings is 3. The number of aliphatic hydroxyl groups excluding tert-OH is 1. The molecule has 0 saturated carbocycles. The van der Waals surface area contributed by atoms with Crippen LogP contribution in [0.5, 0.6) is 5.75 Å². The van der Waals surface area contributed by atoms with Crippen molar-refractivity contribution in [3.05, 3.63) is 102 Å². The van der Waals surface area contributed by atoms with Crippen molar-refractivity contribution in [2.45, 2.75) is 26.1 Å². The van der Waals surface area contributed by atoms with Gasteiger partial charge in [-0.25, -0.2) is 0 Å². The van der Waals surface area contributed by atoms with Gasteiger partial charge in [0.15, 0.2) is 0 Å². The average Bonchev–Trinajstić information content (AvgIpc) is 2.69. The molecule has 1 N–H and O–H groups in total. The van der Waals surface area contributed by atoms with E-state index in [9.17, 15) is 5.11 Å². The maximum atomic E-state index is 10.5. The summed E-state index contributed by atoms with van der Waals surface area (Å²) in [6.45, 7) is 4.46. The summed E-state index contributed by atoms with van der Waals surface area (Å²) in [7, 11) is 0. The van der Waals surface area contributed by atoms with E-state index in [0.29, 0.717) is 6.54 Å². The molecule has 0 unspecified atom stereocenters. The third-order valence-electron chi connectivity index (χ3n) is 4.43. The van der Waals surface area contributed by atoms with Gasteiger partial charge in [0.05, 0.1) is 0 Å². The summed E-state index contributed by atoms with van der Waals surface area (Å²) in [6.07, 6.45) is -0.557. The number of rotatable bonds is 9. The van der Waals surface area contributed by atoms with Crippen LogP contribution in [-0.2, 0) is 13.1 Å². The number of hydrogen-bond donors (Lipinski definition) is 1. The van der Waals surface area contributed by atoms with Crippen LogP contribution in [0.4, 0.5) is 0 Å². The molecule has 3 aromatic rings. The molecule has 0 fully saturated rings. The van der Waals surface area contributed by atoms with Crippen LogP contribution in [-0.4, -0.2) is 29.3 Å². The van der Waals surface area contributed by atoms with Crippen LogP contribution < -0.4 is 4.74 Å². The highest BCUT2D eigenvalue weighted by Crippen LogP contribution is 2.13. The fourth-order valence-electron chi connectivity index (χ4n) is 3.05. The van der Waals surface area contributed by atoms with E-state index in [4.69, 9.17) is 4.74 Å². The summed E-state index contributed by atoms with van der Waals surface area (Å²) in [5.41, 5.74) is 3.67. The molecule has 0 aliphatic heterocycles. The van der Waals surface area contributed by atoms with Gasteiger partial charge in [-0.15, -0.1) is 0 Å². The van der Waals surface area contributed by atoms with Gasteiger partial charge in [-0.05, 0) is 30.2 Å². The van der Waals surface area contributed by atoms with E-state index >= 15 is 0 Å². The smallest absolute Gasteiger partial charge is 0.119 e. The molecule has 140 valence electrons. The lowest BCUT2D eigenvalue weighted by Crippen LogP contribution is -2.35. The third kappa shape index (κ3) is 6.55. The van der Waals surface area contributed by atoms with E-state index in [-0.39, 0.29) is 6.61 Å². The Morgan fingerprint density at radius 2 is 1.30 bits per heavy atom. The molecule has 0 radical (unpaired) electrons. The fraction of sp³-hybridized carbons (Fsp3) is 0.250. The second-order valence-electron chi connectivity index (χ2n) is 6.92. The lowest BCUT2D eigenvalue weighted by molar-refractivity contribution is 0.0628. The Balaban J connectivity index is 1.59. The molecule has 3 nitrogen and oxygen atoms in total. The summed E-state index contributed by atoms with van der Waals surface area (Å²) in [4.78, 5) is 2.26. The van der Waals surface area contributed by atoms with Crippen molar-refractivity contribution in [1.82, 2.24) is 4.90 Å². The van der Waals surface area contributed by atoms with Crippen molar-refractivity contribution in [1.29, 1.82) is 0 Å². The molecule has 3 heteroatoms. The van der Waals surface area contributed by atoms with Gasteiger partial charge in [0.2, 0.25) is 0 Å². The number of hydrogen-bond acceptors (Lipinski definition) is 3. The van der Waals surface area contributed by atoms with Crippen molar-refractivity contribution >= 4 is 0 Å². The van der Waals surface area contributed by atoms with Gasteiger partial charge < -0.3 is 9.84 Å². The van der Waals surface area contributed by atoms with Crippen molar-refractivity contribution in [3.63, 3.8) is 0 Å². The molecule has 0 amide bonds. The molecule has 0 saturated heterocycles. The molecule has 1 atom stereocenters. The quantitative estimate of drug-likeness (QED) is 0.612. The number of aryl methyl sites for hydroxylation is 1. The standard InChI is InChI=1S/C24H27NO2/c1-20-12-14-24(15-13-20)27-19-23(26)18-25(16-21-8-4-2-5-9-21)17-22-10-6-3-7-11-22/h2-15,23,26H,16-19H2,1H3/t23-/m0/s1. The van der Waals surface area contributed by atoms with Crippen molar-refractivity contribution in [3.8, 4) is 5.75 Å². The summed E-state index contributed by atoms with van der Waals surface area (Å²) >= 11 is 0. The predicted molar refractivity (Wildman–Crippen MR) is 110 cm³/mol. The van der Waals surface area contributed by atoms with E-state index in [2.05, 4.69) is 29.2 Å².